The number of nitrogens with two attached hydrogens (primary N) is 1. The lowest BCUT2D eigenvalue weighted by atomic mass is 10.2. The second-order valence-corrected chi connectivity index (χ2v) is 4.54. The third-order valence-electron chi connectivity index (χ3n) is 3.01. The van der Waals surface area contributed by atoms with E-state index in [1.807, 2.05) is 30.3 Å². The third kappa shape index (κ3) is 4.03. The van der Waals surface area contributed by atoms with Gasteiger partial charge in [-0.2, -0.15) is 0 Å². The van der Waals surface area contributed by atoms with Crippen molar-refractivity contribution in [3.8, 4) is 0 Å². The molecule has 0 aliphatic heterocycles. The second-order valence-electron chi connectivity index (χ2n) is 4.54. The Morgan fingerprint density at radius 3 is 2.43 bits per heavy atom. The molecule has 0 spiro atoms. The average Bonchev–Trinajstić information content (AvgIpc) is 2.51. The number of benzene rings is 2. The number of carbonyl (C=O) groups excluding carboxylic acids is 1. The molecule has 21 heavy (non-hydrogen) atoms. The lowest BCUT2D eigenvalue weighted by Gasteiger charge is -2.23. The Balaban J connectivity index is 2.17. The van der Waals surface area contributed by atoms with Gasteiger partial charge in [-0.15, -0.1) is 0 Å². The highest BCUT2D eigenvalue weighted by molar-refractivity contribution is 6.01. The number of nitrogens with one attached hydrogen (secondary N) is 1. The molecule has 0 unspecified atom stereocenters. The van der Waals surface area contributed by atoms with Crippen LogP contribution in [0.25, 0.3) is 0 Å². The zero-order chi connectivity index (χ0) is 15.1. The van der Waals surface area contributed by atoms with Gasteiger partial charge in [0.1, 0.15) is 5.82 Å². The molecule has 110 valence electrons. The van der Waals surface area contributed by atoms with Crippen LogP contribution < -0.4 is 16.0 Å². The molecule has 0 heterocycles. The minimum Gasteiger partial charge on any atom is -0.330 e. The van der Waals surface area contributed by atoms with Gasteiger partial charge in [0.05, 0.1) is 5.69 Å². The summed E-state index contributed by atoms with van der Waals surface area (Å²) in [4.78, 5) is 13.9. The second kappa shape index (κ2) is 7.40. The highest BCUT2D eigenvalue weighted by Gasteiger charge is 2.16. The third-order valence-corrected chi connectivity index (χ3v) is 3.01. The molecule has 0 saturated carbocycles. The van der Waals surface area contributed by atoms with E-state index in [2.05, 4.69) is 5.32 Å². The molecule has 5 heteroatoms. The number of anilines is 2. The molecule has 0 aromatic heterocycles. The quantitative estimate of drug-likeness (QED) is 0.887. The molecule has 3 N–H and O–H groups in total. The van der Waals surface area contributed by atoms with Gasteiger partial charge in [0.25, 0.3) is 0 Å². The van der Waals surface area contributed by atoms with Crippen LogP contribution >= 0.6 is 0 Å². The van der Waals surface area contributed by atoms with Crippen LogP contribution in [0, 0.1) is 5.82 Å². The molecule has 0 atom stereocenters. The molecule has 0 aliphatic carbocycles. The SMILES string of the molecule is NCCCN(C(=O)Nc1ccccc1F)c1ccccc1. The number of urea groups is 1. The summed E-state index contributed by atoms with van der Waals surface area (Å²) in [5, 5.41) is 2.59. The molecule has 0 aliphatic rings. The van der Waals surface area contributed by atoms with E-state index in [1.165, 1.54) is 12.1 Å². The first-order valence-corrected chi connectivity index (χ1v) is 6.80. The van der Waals surface area contributed by atoms with Crippen LogP contribution in [0.3, 0.4) is 0 Å². The molecular formula is C16H18FN3O. The molecule has 0 bridgehead atoms. The topological polar surface area (TPSA) is 58.4 Å². The first-order valence-electron chi connectivity index (χ1n) is 6.80. The molecule has 0 radical (unpaired) electrons. The van der Waals surface area contributed by atoms with E-state index in [1.54, 1.807) is 17.0 Å². The summed E-state index contributed by atoms with van der Waals surface area (Å²) in [7, 11) is 0. The fraction of sp³-hybridized carbons (Fsp3) is 0.188. The summed E-state index contributed by atoms with van der Waals surface area (Å²) in [5.41, 5.74) is 6.43. The molecular weight excluding hydrogens is 269 g/mol. The van der Waals surface area contributed by atoms with Gasteiger partial charge in [-0.1, -0.05) is 30.3 Å². The van der Waals surface area contributed by atoms with Gasteiger partial charge in [0, 0.05) is 12.2 Å². The first kappa shape index (κ1) is 15.0. The number of nitrogens with zero attached hydrogens (tertiary/aromatic N) is 1. The minimum atomic E-state index is -0.460. The van der Waals surface area contributed by atoms with Crippen molar-refractivity contribution in [3.05, 3.63) is 60.4 Å². The smallest absolute Gasteiger partial charge is 0.326 e. The molecule has 2 aromatic rings. The van der Waals surface area contributed by atoms with Crippen molar-refractivity contribution in [1.29, 1.82) is 0 Å². The van der Waals surface area contributed by atoms with Gasteiger partial charge in [0.2, 0.25) is 0 Å². The average molecular weight is 287 g/mol. The zero-order valence-electron chi connectivity index (χ0n) is 11.6. The van der Waals surface area contributed by atoms with Crippen molar-refractivity contribution in [2.45, 2.75) is 6.42 Å². The number of hydrogen-bond acceptors (Lipinski definition) is 2. The van der Waals surface area contributed by atoms with Crippen LogP contribution in [0.5, 0.6) is 0 Å². The van der Waals surface area contributed by atoms with E-state index in [-0.39, 0.29) is 11.7 Å². The van der Waals surface area contributed by atoms with E-state index in [0.29, 0.717) is 19.5 Å². The molecule has 0 fully saturated rings. The molecule has 4 nitrogen and oxygen atoms in total. The minimum absolute atomic E-state index is 0.163. The van der Waals surface area contributed by atoms with E-state index in [4.69, 9.17) is 5.73 Å². The van der Waals surface area contributed by atoms with Crippen molar-refractivity contribution < 1.29 is 9.18 Å². The maximum Gasteiger partial charge on any atom is 0.326 e. The van der Waals surface area contributed by atoms with Crippen LogP contribution in [0.15, 0.2) is 54.6 Å². The number of halogens is 1. The van der Waals surface area contributed by atoms with Crippen molar-refractivity contribution in [2.75, 3.05) is 23.3 Å². The summed E-state index contributed by atoms with van der Waals surface area (Å²) in [6.45, 7) is 0.955. The van der Waals surface area contributed by atoms with Gasteiger partial charge in [0.15, 0.2) is 0 Å². The fourth-order valence-corrected chi connectivity index (χ4v) is 1.95. The van der Waals surface area contributed by atoms with Gasteiger partial charge in [-0.25, -0.2) is 9.18 Å². The monoisotopic (exact) mass is 287 g/mol. The standard InChI is InChI=1S/C16H18FN3O/c17-14-9-4-5-10-15(14)19-16(21)20(12-6-11-18)13-7-2-1-3-8-13/h1-5,7-10H,6,11-12,18H2,(H,19,21). The summed E-state index contributed by atoms with van der Waals surface area (Å²) >= 11 is 0. The Labute approximate surface area is 123 Å². The van der Waals surface area contributed by atoms with Gasteiger partial charge >= 0.3 is 6.03 Å². The lowest BCUT2D eigenvalue weighted by molar-refractivity contribution is 0.256. The highest BCUT2D eigenvalue weighted by Crippen LogP contribution is 2.17. The van der Waals surface area contributed by atoms with Crippen LogP contribution in [-0.4, -0.2) is 19.1 Å². The first-order chi connectivity index (χ1) is 10.2. The Morgan fingerprint density at radius 1 is 1.10 bits per heavy atom. The van der Waals surface area contributed by atoms with E-state index in [9.17, 15) is 9.18 Å². The lowest BCUT2D eigenvalue weighted by Crippen LogP contribution is -2.36. The Kier molecular flexibility index (Phi) is 5.29. The Hall–Kier alpha value is -2.40. The molecule has 2 amide bonds. The molecule has 2 aromatic carbocycles. The summed E-state index contributed by atoms with van der Waals surface area (Å²) in [6, 6.07) is 14.9. The predicted octanol–water partition coefficient (Wildman–Crippen LogP) is 3.21. The summed E-state index contributed by atoms with van der Waals surface area (Å²) in [6.07, 6.45) is 0.666. The normalized spacial score (nSPS) is 10.2. The van der Waals surface area contributed by atoms with Gasteiger partial charge in [-0.05, 0) is 37.2 Å². The number of hydrogen-bond donors (Lipinski definition) is 2. The number of para-hydroxylation sites is 2. The van der Waals surface area contributed by atoms with Gasteiger partial charge < -0.3 is 11.1 Å². The summed E-state index contributed by atoms with van der Waals surface area (Å²) in [5.74, 6) is -0.460. The Bertz CT molecular complexity index is 589. The van der Waals surface area contributed by atoms with E-state index in [0.717, 1.165) is 5.69 Å². The number of rotatable bonds is 5. The van der Waals surface area contributed by atoms with Crippen LogP contribution in [0.2, 0.25) is 0 Å². The molecule has 0 saturated heterocycles. The van der Waals surface area contributed by atoms with Crippen LogP contribution in [0.1, 0.15) is 6.42 Å². The Morgan fingerprint density at radius 2 is 1.76 bits per heavy atom. The molecule has 2 rings (SSSR count). The maximum atomic E-state index is 13.6. The fourth-order valence-electron chi connectivity index (χ4n) is 1.95. The number of amides is 2. The predicted molar refractivity (Wildman–Crippen MR) is 82.9 cm³/mol. The van der Waals surface area contributed by atoms with Crippen molar-refractivity contribution >= 4 is 17.4 Å². The van der Waals surface area contributed by atoms with Crippen LogP contribution in [0.4, 0.5) is 20.6 Å². The highest BCUT2D eigenvalue weighted by atomic mass is 19.1. The van der Waals surface area contributed by atoms with Crippen molar-refractivity contribution in [1.82, 2.24) is 0 Å². The number of carbonyl (C=O) groups is 1. The van der Waals surface area contributed by atoms with Crippen molar-refractivity contribution in [3.63, 3.8) is 0 Å². The maximum absolute atomic E-state index is 13.6. The van der Waals surface area contributed by atoms with E-state index < -0.39 is 5.82 Å². The van der Waals surface area contributed by atoms with E-state index >= 15 is 0 Å². The zero-order valence-corrected chi connectivity index (χ0v) is 11.6. The summed E-state index contributed by atoms with van der Waals surface area (Å²) < 4.78 is 13.6. The van der Waals surface area contributed by atoms with Crippen LogP contribution in [-0.2, 0) is 0 Å². The van der Waals surface area contributed by atoms with Gasteiger partial charge in [-0.3, -0.25) is 4.90 Å². The largest absolute Gasteiger partial charge is 0.330 e. The van der Waals surface area contributed by atoms with Crippen molar-refractivity contribution in [2.24, 2.45) is 5.73 Å².